The molecular weight excluding hydrogens is 592 g/mol. The lowest BCUT2D eigenvalue weighted by molar-refractivity contribution is -0.145. The number of carbonyl (C=O) groups is 5. The number of carboxylic acids is 1. The van der Waals surface area contributed by atoms with Gasteiger partial charge in [0.25, 0.3) is 0 Å². The number of nitrogens with one attached hydrogen (secondary N) is 2. The fraction of sp³-hybridized carbons (Fsp3) is 0.618. The van der Waals surface area contributed by atoms with Gasteiger partial charge in [0.15, 0.2) is 0 Å². The number of carboxylic acid groups (broad SMARTS) is 1. The van der Waals surface area contributed by atoms with Crippen LogP contribution in [0.15, 0.2) is 36.4 Å². The highest BCUT2D eigenvalue weighted by atomic mass is 16.6. The molecule has 0 spiro atoms. The first-order valence-corrected chi connectivity index (χ1v) is 16.3. The molecule has 3 N–H and O–H groups in total. The number of carbonyl (C=O) groups excluding carboxylic acids is 4. The zero-order valence-electron chi connectivity index (χ0n) is 27.1. The molecule has 1 saturated carbocycles. The number of allylic oxidation sites excluding steroid dienone is 1. The van der Waals surface area contributed by atoms with Crippen molar-refractivity contribution in [2.75, 3.05) is 13.1 Å². The minimum Gasteiger partial charge on any atom is -0.479 e. The quantitative estimate of drug-likeness (QED) is 0.419. The summed E-state index contributed by atoms with van der Waals surface area (Å²) in [4.78, 5) is 69.4. The van der Waals surface area contributed by atoms with E-state index in [1.807, 2.05) is 37.3 Å². The van der Waals surface area contributed by atoms with Crippen LogP contribution in [0.3, 0.4) is 0 Å². The fourth-order valence-corrected chi connectivity index (χ4v) is 6.81. The molecule has 0 radical (unpaired) electrons. The molecule has 4 aliphatic rings. The van der Waals surface area contributed by atoms with E-state index in [4.69, 9.17) is 9.47 Å². The average Bonchev–Trinajstić information content (AvgIpc) is 3.52. The topological polar surface area (TPSA) is 155 Å². The molecule has 6 atom stereocenters. The number of benzene rings is 1. The molecule has 250 valence electrons. The minimum absolute atomic E-state index is 0.00133. The van der Waals surface area contributed by atoms with Crippen LogP contribution < -0.4 is 10.6 Å². The van der Waals surface area contributed by atoms with Crippen molar-refractivity contribution in [3.05, 3.63) is 47.5 Å². The summed E-state index contributed by atoms with van der Waals surface area (Å²) in [6, 6.07) is 5.86. The minimum atomic E-state index is -1.46. The van der Waals surface area contributed by atoms with Crippen LogP contribution in [-0.4, -0.2) is 87.3 Å². The zero-order valence-corrected chi connectivity index (χ0v) is 27.1. The summed E-state index contributed by atoms with van der Waals surface area (Å²) in [5, 5.41) is 15.5. The number of amides is 4. The van der Waals surface area contributed by atoms with Crippen LogP contribution in [0.4, 0.5) is 9.59 Å². The maximum absolute atomic E-state index is 14.1. The molecule has 3 heterocycles. The number of rotatable bonds is 3. The number of alkyl carbamates (subject to hydrolysis) is 1. The van der Waals surface area contributed by atoms with Crippen LogP contribution in [0.2, 0.25) is 0 Å². The number of fused-ring (bicyclic) bond motifs is 3. The lowest BCUT2D eigenvalue weighted by Crippen LogP contribution is -2.56. The Bertz CT molecular complexity index is 1390. The maximum Gasteiger partial charge on any atom is 0.410 e. The molecule has 3 aliphatic heterocycles. The van der Waals surface area contributed by atoms with Gasteiger partial charge in [0.1, 0.15) is 29.3 Å². The Morgan fingerprint density at radius 1 is 1.09 bits per heavy atom. The van der Waals surface area contributed by atoms with Crippen LogP contribution in [0.5, 0.6) is 0 Å². The van der Waals surface area contributed by atoms with Gasteiger partial charge in [-0.05, 0) is 63.5 Å². The summed E-state index contributed by atoms with van der Waals surface area (Å²) < 4.78 is 11.3. The molecule has 12 heteroatoms. The first kappa shape index (κ1) is 33.3. The Labute approximate surface area is 269 Å². The number of aliphatic carboxylic acids is 1. The monoisotopic (exact) mass is 638 g/mol. The normalized spacial score (nSPS) is 30.7. The lowest BCUT2D eigenvalue weighted by Gasteiger charge is -2.33. The number of hydrogen-bond acceptors (Lipinski definition) is 7. The largest absolute Gasteiger partial charge is 0.479 e. The van der Waals surface area contributed by atoms with E-state index in [-0.39, 0.29) is 31.2 Å². The summed E-state index contributed by atoms with van der Waals surface area (Å²) in [7, 11) is 0. The van der Waals surface area contributed by atoms with E-state index in [0.717, 1.165) is 24.8 Å². The van der Waals surface area contributed by atoms with Gasteiger partial charge in [-0.2, -0.15) is 0 Å². The van der Waals surface area contributed by atoms with Crippen molar-refractivity contribution in [1.82, 2.24) is 20.4 Å². The summed E-state index contributed by atoms with van der Waals surface area (Å²) in [6.45, 7) is 8.00. The van der Waals surface area contributed by atoms with Crippen molar-refractivity contribution >= 4 is 30.0 Å². The van der Waals surface area contributed by atoms with Crippen LogP contribution in [0.1, 0.15) is 89.7 Å². The van der Waals surface area contributed by atoms with Gasteiger partial charge in [-0.25, -0.2) is 14.4 Å². The van der Waals surface area contributed by atoms with E-state index in [1.54, 1.807) is 25.7 Å². The van der Waals surface area contributed by atoms with Crippen molar-refractivity contribution in [2.24, 2.45) is 5.92 Å². The van der Waals surface area contributed by atoms with Crippen LogP contribution in [0.25, 0.3) is 0 Å². The van der Waals surface area contributed by atoms with Gasteiger partial charge in [-0.15, -0.1) is 0 Å². The Kier molecular flexibility index (Phi) is 9.65. The number of ether oxygens (including phenoxy) is 2. The second-order valence-corrected chi connectivity index (χ2v) is 14.1. The fourth-order valence-electron chi connectivity index (χ4n) is 6.81. The van der Waals surface area contributed by atoms with Crippen molar-refractivity contribution in [2.45, 2.75) is 114 Å². The van der Waals surface area contributed by atoms with Crippen molar-refractivity contribution in [3.8, 4) is 0 Å². The predicted octanol–water partition coefficient (Wildman–Crippen LogP) is 4.08. The van der Waals surface area contributed by atoms with Gasteiger partial charge in [0.05, 0.1) is 6.54 Å². The van der Waals surface area contributed by atoms with Gasteiger partial charge < -0.3 is 35.0 Å². The summed E-state index contributed by atoms with van der Waals surface area (Å²) in [6.07, 6.45) is 5.26. The molecule has 12 nitrogen and oxygen atoms in total. The van der Waals surface area contributed by atoms with Gasteiger partial charge >= 0.3 is 18.2 Å². The summed E-state index contributed by atoms with van der Waals surface area (Å²) in [5.41, 5.74) is -0.0184. The Balaban J connectivity index is 1.37. The molecule has 2 fully saturated rings. The molecule has 4 amide bonds. The highest BCUT2D eigenvalue weighted by Crippen LogP contribution is 2.45. The molecule has 1 saturated heterocycles. The first-order valence-electron chi connectivity index (χ1n) is 16.3. The average molecular weight is 639 g/mol. The van der Waals surface area contributed by atoms with E-state index in [2.05, 4.69) is 16.7 Å². The third-order valence-electron chi connectivity index (χ3n) is 9.28. The van der Waals surface area contributed by atoms with Crippen molar-refractivity contribution in [3.63, 3.8) is 0 Å². The van der Waals surface area contributed by atoms with E-state index < -0.39 is 59.3 Å². The molecule has 0 unspecified atom stereocenters. The molecule has 0 aromatic heterocycles. The van der Waals surface area contributed by atoms with Crippen molar-refractivity contribution in [1.29, 1.82) is 0 Å². The molecule has 46 heavy (non-hydrogen) atoms. The third kappa shape index (κ3) is 7.47. The highest BCUT2D eigenvalue weighted by Gasteiger charge is 2.61. The maximum atomic E-state index is 14.1. The van der Waals surface area contributed by atoms with E-state index in [1.165, 1.54) is 10.5 Å². The lowest BCUT2D eigenvalue weighted by atomic mass is 9.91. The van der Waals surface area contributed by atoms with Crippen molar-refractivity contribution < 1.29 is 38.6 Å². The van der Waals surface area contributed by atoms with Gasteiger partial charge in [-0.3, -0.25) is 9.59 Å². The Hall–Kier alpha value is -4.09. The molecule has 5 rings (SSSR count). The predicted molar refractivity (Wildman–Crippen MR) is 168 cm³/mol. The third-order valence-corrected chi connectivity index (χ3v) is 9.28. The zero-order chi connectivity index (χ0) is 33.2. The second-order valence-electron chi connectivity index (χ2n) is 14.1. The summed E-state index contributed by atoms with van der Waals surface area (Å²) >= 11 is 0. The first-order chi connectivity index (χ1) is 21.8. The molecular formula is C34H46N4O8. The smallest absolute Gasteiger partial charge is 0.410 e. The van der Waals surface area contributed by atoms with E-state index in [9.17, 15) is 29.1 Å². The Morgan fingerprint density at radius 3 is 2.59 bits per heavy atom. The Morgan fingerprint density at radius 2 is 1.85 bits per heavy atom. The molecule has 0 bridgehead atoms. The number of nitrogens with zero attached hydrogens (tertiary/aromatic N) is 2. The van der Waals surface area contributed by atoms with Gasteiger partial charge in [-0.1, -0.05) is 56.2 Å². The van der Waals surface area contributed by atoms with Crippen LogP contribution in [-0.2, 0) is 30.4 Å². The van der Waals surface area contributed by atoms with Gasteiger partial charge in [0, 0.05) is 25.4 Å². The highest BCUT2D eigenvalue weighted by molar-refractivity contribution is 5.96. The van der Waals surface area contributed by atoms with Gasteiger partial charge in [0.2, 0.25) is 11.8 Å². The van der Waals surface area contributed by atoms with E-state index >= 15 is 0 Å². The van der Waals surface area contributed by atoms with Crippen LogP contribution in [0, 0.1) is 5.92 Å². The second kappa shape index (κ2) is 13.3. The van der Waals surface area contributed by atoms with E-state index in [0.29, 0.717) is 25.9 Å². The standard InChI is InChI=1S/C34H46N4O8/c1-21-18-37(19-22-12-10-11-14-25(21)22)32(44)45-24-16-27-28(39)36-34(30(41)42)17-23(34)13-8-6-5-7-9-15-26(29(40)38(27)20-24)35-31(43)46-33(2,3)4/h8,10-14,21,23-24,26-27H,5-7,9,15-20H2,1-4H3,(H,35,43)(H,36,39)(H,41,42)/b13-8+/t21-,23+,24+,26-,27-,34+/m0/s1. The summed E-state index contributed by atoms with van der Waals surface area (Å²) in [5.74, 6) is -2.52. The molecule has 1 aromatic rings. The molecule has 1 aliphatic carbocycles. The number of hydrogen-bond donors (Lipinski definition) is 3. The molecule has 1 aromatic carbocycles. The van der Waals surface area contributed by atoms with Crippen LogP contribution >= 0.6 is 0 Å². The SMILES string of the molecule is C[C@H]1CN(C(=O)O[C@@H]2C[C@H]3C(=O)N[C@]4(C(=O)O)C[C@H]4/C=C/CCCCC[C@H](NC(=O)OC(C)(C)C)C(=O)N3C2)Cc2ccccc21.